The van der Waals surface area contributed by atoms with Crippen LogP contribution in [0.3, 0.4) is 0 Å². The van der Waals surface area contributed by atoms with E-state index in [2.05, 4.69) is 15.5 Å². The highest BCUT2D eigenvalue weighted by molar-refractivity contribution is 7.99. The second-order valence-corrected chi connectivity index (χ2v) is 5.96. The van der Waals surface area contributed by atoms with Gasteiger partial charge in [0.25, 0.3) is 0 Å². The van der Waals surface area contributed by atoms with Crippen molar-refractivity contribution in [3.05, 3.63) is 41.6 Å². The molecule has 2 aromatic rings. The first-order valence-corrected chi connectivity index (χ1v) is 7.93. The van der Waals surface area contributed by atoms with Gasteiger partial charge in [0.2, 0.25) is 5.91 Å². The number of hydrogen-bond donors (Lipinski definition) is 2. The molecule has 0 saturated heterocycles. The van der Waals surface area contributed by atoms with Crippen LogP contribution >= 0.6 is 11.8 Å². The zero-order valence-corrected chi connectivity index (χ0v) is 12.4. The third-order valence-electron chi connectivity index (χ3n) is 3.29. The highest BCUT2D eigenvalue weighted by Gasteiger charge is 2.18. The van der Waals surface area contributed by atoms with E-state index in [1.165, 1.54) is 4.90 Å². The molecule has 0 radical (unpaired) electrons. The van der Waals surface area contributed by atoms with Crippen molar-refractivity contribution in [3.8, 4) is 0 Å². The molecule has 0 saturated carbocycles. The number of thioether (sulfide) groups is 1. The van der Waals surface area contributed by atoms with Crippen LogP contribution < -0.4 is 5.32 Å². The smallest absolute Gasteiger partial charge is 0.226 e. The molecular formula is C15H17N3O2S. The molecule has 1 aromatic carbocycles. The summed E-state index contributed by atoms with van der Waals surface area (Å²) in [5.41, 5.74) is 2.04. The Morgan fingerprint density at radius 3 is 3.10 bits per heavy atom. The Labute approximate surface area is 127 Å². The van der Waals surface area contributed by atoms with Gasteiger partial charge in [-0.15, -0.1) is 11.8 Å². The van der Waals surface area contributed by atoms with Crippen LogP contribution in [0.2, 0.25) is 0 Å². The molecule has 1 aromatic heterocycles. The van der Waals surface area contributed by atoms with Gasteiger partial charge in [-0.2, -0.15) is 5.10 Å². The maximum absolute atomic E-state index is 12.0. The molecule has 110 valence electrons. The van der Waals surface area contributed by atoms with Crippen LogP contribution in [0.25, 0.3) is 0 Å². The van der Waals surface area contributed by atoms with E-state index in [0.717, 1.165) is 23.4 Å². The molecule has 0 bridgehead atoms. The first-order chi connectivity index (χ1) is 10.3. The van der Waals surface area contributed by atoms with Crippen LogP contribution in [-0.4, -0.2) is 28.5 Å². The third-order valence-corrected chi connectivity index (χ3v) is 4.31. The van der Waals surface area contributed by atoms with Gasteiger partial charge in [-0.3, -0.25) is 9.89 Å². The van der Waals surface area contributed by atoms with Gasteiger partial charge in [0, 0.05) is 34.7 Å². The van der Waals surface area contributed by atoms with Crippen molar-refractivity contribution in [1.82, 2.24) is 10.2 Å². The molecule has 0 spiro atoms. The van der Waals surface area contributed by atoms with E-state index in [1.807, 2.05) is 30.3 Å². The fraction of sp³-hybridized carbons (Fsp3) is 0.333. The van der Waals surface area contributed by atoms with E-state index >= 15 is 0 Å². The van der Waals surface area contributed by atoms with E-state index in [4.69, 9.17) is 4.74 Å². The minimum Gasteiger partial charge on any atom is -0.376 e. The Kier molecular flexibility index (Phi) is 4.57. The Bertz CT molecular complexity index is 613. The molecule has 1 amide bonds. The normalized spacial score (nSPS) is 13.7. The average molecular weight is 303 g/mol. The number of hydrogen-bond acceptors (Lipinski definition) is 4. The number of aromatic amines is 1. The topological polar surface area (TPSA) is 67.0 Å². The van der Waals surface area contributed by atoms with Gasteiger partial charge < -0.3 is 10.1 Å². The minimum atomic E-state index is -0.0155. The van der Waals surface area contributed by atoms with E-state index in [-0.39, 0.29) is 5.91 Å². The number of nitrogens with one attached hydrogen (secondary N) is 2. The number of carbonyl (C=O) groups is 1. The zero-order chi connectivity index (χ0) is 14.5. The Balaban J connectivity index is 1.49. The van der Waals surface area contributed by atoms with Crippen LogP contribution in [0, 0.1) is 0 Å². The molecule has 21 heavy (non-hydrogen) atoms. The van der Waals surface area contributed by atoms with Gasteiger partial charge >= 0.3 is 0 Å². The number of benzene rings is 1. The number of amides is 1. The molecule has 1 aliphatic heterocycles. The summed E-state index contributed by atoms with van der Waals surface area (Å²) in [5, 5.41) is 9.99. The summed E-state index contributed by atoms with van der Waals surface area (Å²) in [6.07, 6.45) is 1.28. The second kappa shape index (κ2) is 6.78. The lowest BCUT2D eigenvalue weighted by Gasteiger charge is -2.12. The number of rotatable bonds is 5. The summed E-state index contributed by atoms with van der Waals surface area (Å²) in [6.45, 7) is 1.22. The monoisotopic (exact) mass is 303 g/mol. The average Bonchev–Trinajstić information content (AvgIpc) is 2.92. The summed E-state index contributed by atoms with van der Waals surface area (Å²) in [5.74, 6) is 1.34. The molecule has 0 atom stereocenters. The molecule has 5 nitrogen and oxygen atoms in total. The number of ether oxygens (including phenoxy) is 1. The SMILES string of the molecule is O=C(CCSc1ccccc1)Nc1n[nH]c2c1COCC2. The van der Waals surface area contributed by atoms with E-state index < -0.39 is 0 Å². The molecule has 0 unspecified atom stereocenters. The van der Waals surface area contributed by atoms with Crippen molar-refractivity contribution in [1.29, 1.82) is 0 Å². The van der Waals surface area contributed by atoms with E-state index in [0.29, 0.717) is 25.5 Å². The summed E-state index contributed by atoms with van der Waals surface area (Å²) in [4.78, 5) is 13.1. The van der Waals surface area contributed by atoms with Crippen molar-refractivity contribution in [2.45, 2.75) is 24.3 Å². The van der Waals surface area contributed by atoms with Gasteiger partial charge in [-0.1, -0.05) is 18.2 Å². The van der Waals surface area contributed by atoms with Crippen LogP contribution in [-0.2, 0) is 22.6 Å². The van der Waals surface area contributed by atoms with Crippen LogP contribution in [0.1, 0.15) is 17.7 Å². The Morgan fingerprint density at radius 2 is 2.24 bits per heavy atom. The highest BCUT2D eigenvalue weighted by atomic mass is 32.2. The number of carbonyl (C=O) groups excluding carboxylic acids is 1. The quantitative estimate of drug-likeness (QED) is 0.833. The second-order valence-electron chi connectivity index (χ2n) is 4.79. The van der Waals surface area contributed by atoms with Gasteiger partial charge in [-0.05, 0) is 12.1 Å². The Hall–Kier alpha value is -1.79. The van der Waals surface area contributed by atoms with Gasteiger partial charge in [0.05, 0.1) is 13.2 Å². The van der Waals surface area contributed by atoms with E-state index in [1.54, 1.807) is 11.8 Å². The first kappa shape index (κ1) is 14.2. The third kappa shape index (κ3) is 3.65. The highest BCUT2D eigenvalue weighted by Crippen LogP contribution is 2.22. The van der Waals surface area contributed by atoms with Gasteiger partial charge in [-0.25, -0.2) is 0 Å². The summed E-state index contributed by atoms with van der Waals surface area (Å²) < 4.78 is 5.40. The number of anilines is 1. The molecule has 1 aliphatic rings. The van der Waals surface area contributed by atoms with Crippen molar-refractivity contribution in [3.63, 3.8) is 0 Å². The van der Waals surface area contributed by atoms with Gasteiger partial charge in [0.15, 0.2) is 5.82 Å². The van der Waals surface area contributed by atoms with Crippen LogP contribution in [0.5, 0.6) is 0 Å². The maximum atomic E-state index is 12.0. The standard InChI is InChI=1S/C15H17N3O2S/c19-14(7-9-21-11-4-2-1-3-5-11)16-15-12-10-20-8-6-13(12)17-18-15/h1-5H,6-10H2,(H2,16,17,18,19). The number of H-pyrrole nitrogens is 1. The van der Waals surface area contributed by atoms with E-state index in [9.17, 15) is 4.79 Å². The predicted molar refractivity (Wildman–Crippen MR) is 82.4 cm³/mol. The lowest BCUT2D eigenvalue weighted by Crippen LogP contribution is -2.15. The fourth-order valence-corrected chi connectivity index (χ4v) is 3.06. The summed E-state index contributed by atoms with van der Waals surface area (Å²) in [7, 11) is 0. The predicted octanol–water partition coefficient (Wildman–Crippen LogP) is 2.60. The van der Waals surface area contributed by atoms with Crippen LogP contribution in [0.15, 0.2) is 35.2 Å². The minimum absolute atomic E-state index is 0.0155. The van der Waals surface area contributed by atoms with Crippen molar-refractivity contribution in [2.75, 3.05) is 17.7 Å². The van der Waals surface area contributed by atoms with Crippen molar-refractivity contribution >= 4 is 23.5 Å². The summed E-state index contributed by atoms with van der Waals surface area (Å²) >= 11 is 1.68. The Morgan fingerprint density at radius 1 is 1.38 bits per heavy atom. The summed E-state index contributed by atoms with van der Waals surface area (Å²) in [6, 6.07) is 10.1. The lowest BCUT2D eigenvalue weighted by atomic mass is 10.1. The number of fused-ring (bicyclic) bond motifs is 1. The van der Waals surface area contributed by atoms with Crippen molar-refractivity contribution in [2.24, 2.45) is 0 Å². The fourth-order valence-electron chi connectivity index (χ4n) is 2.19. The maximum Gasteiger partial charge on any atom is 0.226 e. The number of nitrogens with zero attached hydrogens (tertiary/aromatic N) is 1. The first-order valence-electron chi connectivity index (χ1n) is 6.94. The zero-order valence-electron chi connectivity index (χ0n) is 11.6. The number of aromatic nitrogens is 2. The van der Waals surface area contributed by atoms with Crippen LogP contribution in [0.4, 0.5) is 5.82 Å². The molecule has 2 N–H and O–H groups in total. The molecule has 3 rings (SSSR count). The molecule has 0 fully saturated rings. The largest absolute Gasteiger partial charge is 0.376 e. The van der Waals surface area contributed by atoms with Crippen molar-refractivity contribution < 1.29 is 9.53 Å². The molecule has 2 heterocycles. The molecule has 6 heteroatoms. The molecule has 0 aliphatic carbocycles. The molecular weight excluding hydrogens is 286 g/mol. The lowest BCUT2D eigenvalue weighted by molar-refractivity contribution is -0.115. The van der Waals surface area contributed by atoms with Gasteiger partial charge in [0.1, 0.15) is 0 Å².